The molecule has 1 aromatic carbocycles. The molecule has 21 heavy (non-hydrogen) atoms. The van der Waals surface area contributed by atoms with Gasteiger partial charge in [0, 0.05) is 11.8 Å². The summed E-state index contributed by atoms with van der Waals surface area (Å²) in [5.41, 5.74) is 2.41. The topological polar surface area (TPSA) is 99.5 Å². The van der Waals surface area contributed by atoms with Gasteiger partial charge in [0.2, 0.25) is 0 Å². The number of carbonyl (C=O) groups excluding carboxylic acids is 1. The molecule has 1 heterocycles. The molecule has 1 aromatic heterocycles. The molecule has 108 valence electrons. The Morgan fingerprint density at radius 3 is 2.62 bits per heavy atom. The van der Waals surface area contributed by atoms with Crippen molar-refractivity contribution < 1.29 is 19.8 Å². The highest BCUT2D eigenvalue weighted by atomic mass is 16.4. The van der Waals surface area contributed by atoms with Gasteiger partial charge in [-0.2, -0.15) is 0 Å². The van der Waals surface area contributed by atoms with E-state index >= 15 is 0 Å². The summed E-state index contributed by atoms with van der Waals surface area (Å²) >= 11 is 0. The van der Waals surface area contributed by atoms with E-state index < -0.39 is 18.4 Å². The first kappa shape index (κ1) is 14.5. The molecule has 0 saturated heterocycles. The van der Waals surface area contributed by atoms with Crippen LogP contribution in [0, 0.1) is 6.92 Å². The third-order valence-corrected chi connectivity index (χ3v) is 2.83. The van der Waals surface area contributed by atoms with E-state index in [1.54, 1.807) is 0 Å². The van der Waals surface area contributed by atoms with Crippen LogP contribution in [-0.4, -0.2) is 33.6 Å². The largest absolute Gasteiger partial charge is 0.505 e. The highest BCUT2D eigenvalue weighted by Crippen LogP contribution is 2.25. The average Bonchev–Trinajstić information content (AvgIpc) is 2.44. The van der Waals surface area contributed by atoms with Crippen LogP contribution in [0.25, 0.3) is 11.1 Å². The van der Waals surface area contributed by atoms with E-state index in [-0.39, 0.29) is 11.4 Å². The lowest BCUT2D eigenvalue weighted by Gasteiger charge is -2.07. The number of pyridine rings is 1. The van der Waals surface area contributed by atoms with Gasteiger partial charge in [0.1, 0.15) is 12.3 Å². The Kier molecular flexibility index (Phi) is 4.18. The molecule has 0 radical (unpaired) electrons. The molecule has 6 nitrogen and oxygen atoms in total. The number of nitrogens with zero attached hydrogens (tertiary/aromatic N) is 1. The smallest absolute Gasteiger partial charge is 0.322 e. The quantitative estimate of drug-likeness (QED) is 0.792. The molecule has 0 bridgehead atoms. The second-order valence-electron chi connectivity index (χ2n) is 4.54. The normalized spacial score (nSPS) is 10.1. The number of hydrogen-bond acceptors (Lipinski definition) is 4. The minimum absolute atomic E-state index is 0.201. The minimum atomic E-state index is -1.17. The number of carbonyl (C=O) groups is 2. The van der Waals surface area contributed by atoms with E-state index in [4.69, 9.17) is 5.11 Å². The zero-order valence-corrected chi connectivity index (χ0v) is 11.3. The number of carboxylic acid groups (broad SMARTS) is 1. The van der Waals surface area contributed by atoms with Crippen LogP contribution in [0.15, 0.2) is 36.5 Å². The lowest BCUT2D eigenvalue weighted by molar-refractivity contribution is -0.135. The summed E-state index contributed by atoms with van der Waals surface area (Å²) in [7, 11) is 0. The fourth-order valence-electron chi connectivity index (χ4n) is 1.85. The number of aryl methyl sites for hydroxylation is 1. The summed E-state index contributed by atoms with van der Waals surface area (Å²) < 4.78 is 0. The summed E-state index contributed by atoms with van der Waals surface area (Å²) in [4.78, 5) is 26.0. The Morgan fingerprint density at radius 1 is 1.24 bits per heavy atom. The van der Waals surface area contributed by atoms with Crippen molar-refractivity contribution in [3.05, 3.63) is 47.8 Å². The lowest BCUT2D eigenvalue weighted by Crippen LogP contribution is -2.29. The maximum Gasteiger partial charge on any atom is 0.322 e. The molecule has 0 spiro atoms. The molecule has 0 aliphatic rings. The van der Waals surface area contributed by atoms with E-state index in [2.05, 4.69) is 10.3 Å². The third kappa shape index (κ3) is 3.56. The van der Waals surface area contributed by atoms with E-state index in [1.165, 1.54) is 12.3 Å². The summed E-state index contributed by atoms with van der Waals surface area (Å²) in [5.74, 6) is -2.19. The van der Waals surface area contributed by atoms with Gasteiger partial charge in [-0.25, -0.2) is 4.98 Å². The molecule has 0 atom stereocenters. The van der Waals surface area contributed by atoms with E-state index in [0.717, 1.165) is 11.1 Å². The molecular formula is C15H14N2O4. The molecule has 3 N–H and O–H groups in total. The van der Waals surface area contributed by atoms with Gasteiger partial charge >= 0.3 is 5.97 Å². The summed E-state index contributed by atoms with van der Waals surface area (Å²) in [6, 6.07) is 9.06. The molecule has 0 unspecified atom stereocenters. The number of hydrogen-bond donors (Lipinski definition) is 3. The van der Waals surface area contributed by atoms with Crippen LogP contribution in [-0.2, 0) is 4.79 Å². The Bertz CT molecular complexity index is 698. The van der Waals surface area contributed by atoms with Gasteiger partial charge < -0.3 is 15.5 Å². The van der Waals surface area contributed by atoms with Crippen molar-refractivity contribution in [2.45, 2.75) is 6.92 Å². The van der Waals surface area contributed by atoms with Gasteiger partial charge in [-0.3, -0.25) is 9.59 Å². The molecule has 2 rings (SSSR count). The summed E-state index contributed by atoms with van der Waals surface area (Å²) in [6.07, 6.45) is 1.46. The highest BCUT2D eigenvalue weighted by Gasteiger charge is 2.14. The van der Waals surface area contributed by atoms with E-state index in [9.17, 15) is 14.7 Å². The second kappa shape index (κ2) is 6.04. The van der Waals surface area contributed by atoms with Crippen LogP contribution < -0.4 is 5.32 Å². The van der Waals surface area contributed by atoms with Gasteiger partial charge in [0.05, 0.1) is 0 Å². The molecule has 1 amide bonds. The van der Waals surface area contributed by atoms with Crippen LogP contribution in [0.5, 0.6) is 5.75 Å². The zero-order valence-electron chi connectivity index (χ0n) is 11.3. The predicted molar refractivity (Wildman–Crippen MR) is 76.0 cm³/mol. The molecule has 0 fully saturated rings. The highest BCUT2D eigenvalue weighted by molar-refractivity contribution is 5.96. The maximum atomic E-state index is 11.7. The Balaban J connectivity index is 2.25. The van der Waals surface area contributed by atoms with Gasteiger partial charge in [0.25, 0.3) is 5.91 Å². The SMILES string of the molecule is Cc1cccc(-c2cnc(C(=O)NCC(=O)O)c(O)c2)c1. The lowest BCUT2D eigenvalue weighted by atomic mass is 10.0. The van der Waals surface area contributed by atoms with Crippen LogP contribution in [0.4, 0.5) is 0 Å². The first-order valence-electron chi connectivity index (χ1n) is 6.23. The number of rotatable bonds is 4. The van der Waals surface area contributed by atoms with Crippen molar-refractivity contribution in [3.8, 4) is 16.9 Å². The second-order valence-corrected chi connectivity index (χ2v) is 4.54. The van der Waals surface area contributed by atoms with Crippen LogP contribution >= 0.6 is 0 Å². The Morgan fingerprint density at radius 2 is 2.00 bits per heavy atom. The molecule has 0 saturated carbocycles. The monoisotopic (exact) mass is 286 g/mol. The number of carboxylic acids is 1. The van der Waals surface area contributed by atoms with Gasteiger partial charge in [-0.05, 0) is 18.6 Å². The first-order chi connectivity index (χ1) is 9.97. The zero-order chi connectivity index (χ0) is 15.4. The van der Waals surface area contributed by atoms with Crippen LogP contribution in [0.1, 0.15) is 16.1 Å². The van der Waals surface area contributed by atoms with Gasteiger partial charge in [0.15, 0.2) is 5.69 Å². The van der Waals surface area contributed by atoms with Crippen LogP contribution in [0.3, 0.4) is 0 Å². The van der Waals surface area contributed by atoms with Crippen molar-refractivity contribution in [2.75, 3.05) is 6.54 Å². The fraction of sp³-hybridized carbons (Fsp3) is 0.133. The number of amides is 1. The van der Waals surface area contributed by atoms with E-state index in [1.807, 2.05) is 31.2 Å². The van der Waals surface area contributed by atoms with Crippen LogP contribution in [0.2, 0.25) is 0 Å². The molecular weight excluding hydrogens is 272 g/mol. The van der Waals surface area contributed by atoms with Crippen molar-refractivity contribution in [1.82, 2.24) is 10.3 Å². The first-order valence-corrected chi connectivity index (χ1v) is 6.23. The Labute approximate surface area is 121 Å². The maximum absolute atomic E-state index is 11.7. The molecule has 0 aliphatic heterocycles. The van der Waals surface area contributed by atoms with Crippen molar-refractivity contribution in [1.29, 1.82) is 0 Å². The number of nitrogens with one attached hydrogen (secondary N) is 1. The minimum Gasteiger partial charge on any atom is -0.505 e. The number of aromatic nitrogens is 1. The van der Waals surface area contributed by atoms with Crippen molar-refractivity contribution >= 4 is 11.9 Å². The predicted octanol–water partition coefficient (Wildman–Crippen LogP) is 1.58. The number of aliphatic carboxylic acids is 1. The summed E-state index contributed by atoms with van der Waals surface area (Å²) in [6.45, 7) is 1.42. The standard InChI is InChI=1S/C15H14N2O4/c1-9-3-2-4-10(5-9)11-6-12(18)14(16-7-11)15(21)17-8-13(19)20/h2-7,18H,8H2,1H3,(H,17,21)(H,19,20). The fourth-order valence-corrected chi connectivity index (χ4v) is 1.85. The number of benzene rings is 1. The number of aromatic hydroxyl groups is 1. The molecule has 0 aliphatic carbocycles. The van der Waals surface area contributed by atoms with Crippen molar-refractivity contribution in [3.63, 3.8) is 0 Å². The average molecular weight is 286 g/mol. The third-order valence-electron chi connectivity index (χ3n) is 2.83. The van der Waals surface area contributed by atoms with E-state index in [0.29, 0.717) is 5.56 Å². The van der Waals surface area contributed by atoms with Gasteiger partial charge in [-0.15, -0.1) is 0 Å². The summed E-state index contributed by atoms with van der Waals surface area (Å²) in [5, 5.41) is 20.5. The Hall–Kier alpha value is -2.89. The molecule has 2 aromatic rings. The van der Waals surface area contributed by atoms with Gasteiger partial charge in [-0.1, -0.05) is 29.8 Å². The molecule has 6 heteroatoms. The van der Waals surface area contributed by atoms with Crippen molar-refractivity contribution in [2.24, 2.45) is 0 Å².